The Balaban J connectivity index is 0.00000196. The molecule has 1 unspecified atom stereocenters. The molecule has 1 atom stereocenters. The minimum absolute atomic E-state index is 0. The first-order chi connectivity index (χ1) is 12.2. The van der Waals surface area contributed by atoms with Crippen molar-refractivity contribution in [2.45, 2.75) is 12.6 Å². The van der Waals surface area contributed by atoms with Crippen LogP contribution in [-0.4, -0.2) is 34.1 Å². The lowest BCUT2D eigenvalue weighted by Crippen LogP contribution is -2.46. The van der Waals surface area contributed by atoms with E-state index in [1.54, 1.807) is 17.4 Å². The molecule has 0 amide bonds. The van der Waals surface area contributed by atoms with Gasteiger partial charge in [0.25, 0.3) is 0 Å². The molecule has 0 aliphatic carbocycles. The van der Waals surface area contributed by atoms with E-state index >= 15 is 0 Å². The summed E-state index contributed by atoms with van der Waals surface area (Å²) in [5.41, 5.74) is 1.82. The van der Waals surface area contributed by atoms with E-state index in [-0.39, 0.29) is 24.3 Å². The van der Waals surface area contributed by atoms with Gasteiger partial charge in [-0.05, 0) is 29.1 Å². The number of hydrogen-bond donors (Lipinski definition) is 1. The molecule has 0 spiro atoms. The number of benzene rings is 1. The van der Waals surface area contributed by atoms with Gasteiger partial charge in [0.15, 0.2) is 0 Å². The van der Waals surface area contributed by atoms with E-state index < -0.39 is 0 Å². The van der Waals surface area contributed by atoms with Crippen molar-refractivity contribution in [1.29, 1.82) is 0 Å². The Bertz CT molecular complexity index is 849. The Hall–Kier alpha value is -1.73. The molecular formula is C19H22ClFN4S. The molecule has 1 N–H and O–H groups in total. The Kier molecular flexibility index (Phi) is 6.09. The van der Waals surface area contributed by atoms with E-state index in [0.717, 1.165) is 42.4 Å². The first-order valence-corrected chi connectivity index (χ1v) is 9.34. The van der Waals surface area contributed by atoms with Gasteiger partial charge >= 0.3 is 0 Å². The van der Waals surface area contributed by atoms with Crippen molar-refractivity contribution in [3.8, 4) is 10.4 Å². The minimum Gasteiger partial charge on any atom is -0.337 e. The van der Waals surface area contributed by atoms with Gasteiger partial charge in [0.2, 0.25) is 0 Å². The SMILES string of the molecule is Cl.Cn1ccnc1C1CNCCN1Cc1ccc(F)c(-c2cccs2)c1. The summed E-state index contributed by atoms with van der Waals surface area (Å²) < 4.78 is 16.3. The summed E-state index contributed by atoms with van der Waals surface area (Å²) in [4.78, 5) is 7.92. The zero-order chi connectivity index (χ0) is 17.2. The third-order valence-electron chi connectivity index (χ3n) is 4.71. The van der Waals surface area contributed by atoms with Gasteiger partial charge in [-0.1, -0.05) is 12.1 Å². The predicted octanol–water partition coefficient (Wildman–Crippen LogP) is 3.86. The third kappa shape index (κ3) is 3.83. The predicted molar refractivity (Wildman–Crippen MR) is 106 cm³/mol. The number of aryl methyl sites for hydroxylation is 1. The Morgan fingerprint density at radius 3 is 2.96 bits per heavy atom. The van der Waals surface area contributed by atoms with Gasteiger partial charge in [-0.25, -0.2) is 9.37 Å². The van der Waals surface area contributed by atoms with Crippen LogP contribution < -0.4 is 5.32 Å². The van der Waals surface area contributed by atoms with E-state index in [1.165, 1.54) is 0 Å². The molecule has 138 valence electrons. The molecule has 3 aromatic rings. The number of thiophene rings is 1. The molecule has 1 fully saturated rings. The molecule has 7 heteroatoms. The first-order valence-electron chi connectivity index (χ1n) is 8.46. The van der Waals surface area contributed by atoms with Crippen molar-refractivity contribution in [1.82, 2.24) is 19.8 Å². The fraction of sp³-hybridized carbons (Fsp3) is 0.316. The van der Waals surface area contributed by atoms with Crippen LogP contribution in [-0.2, 0) is 13.6 Å². The molecule has 4 rings (SSSR count). The molecule has 1 saturated heterocycles. The van der Waals surface area contributed by atoms with E-state index in [2.05, 4.69) is 19.8 Å². The molecule has 2 aromatic heterocycles. The molecule has 0 radical (unpaired) electrons. The molecular weight excluding hydrogens is 371 g/mol. The molecule has 3 heterocycles. The maximum Gasteiger partial charge on any atom is 0.131 e. The molecule has 1 aliphatic heterocycles. The van der Waals surface area contributed by atoms with Crippen LogP contribution in [0.1, 0.15) is 17.4 Å². The Labute approximate surface area is 163 Å². The monoisotopic (exact) mass is 392 g/mol. The van der Waals surface area contributed by atoms with Crippen LogP contribution in [0.5, 0.6) is 0 Å². The van der Waals surface area contributed by atoms with Crippen LogP contribution in [0.15, 0.2) is 48.1 Å². The van der Waals surface area contributed by atoms with E-state index in [4.69, 9.17) is 0 Å². The zero-order valence-electron chi connectivity index (χ0n) is 14.6. The van der Waals surface area contributed by atoms with Crippen molar-refractivity contribution in [3.63, 3.8) is 0 Å². The fourth-order valence-electron chi connectivity index (χ4n) is 3.41. The van der Waals surface area contributed by atoms with Gasteiger partial charge in [0.05, 0.1) is 6.04 Å². The lowest BCUT2D eigenvalue weighted by atomic mass is 10.1. The standard InChI is InChI=1S/C19H21FN4S.ClH/c1-23-8-7-22-19(23)17-12-21-6-9-24(17)13-14-4-5-16(20)15(11-14)18-3-2-10-25-18;/h2-5,7-8,10-11,17,21H,6,9,12-13H2,1H3;1H. The van der Waals surface area contributed by atoms with Gasteiger partial charge in [0.1, 0.15) is 11.6 Å². The average molecular weight is 393 g/mol. The van der Waals surface area contributed by atoms with Crippen molar-refractivity contribution < 1.29 is 4.39 Å². The molecule has 1 aliphatic rings. The summed E-state index contributed by atoms with van der Waals surface area (Å²) in [6.07, 6.45) is 3.82. The van der Waals surface area contributed by atoms with Gasteiger partial charge in [-0.2, -0.15) is 0 Å². The summed E-state index contributed by atoms with van der Waals surface area (Å²) in [5, 5.41) is 5.44. The highest BCUT2D eigenvalue weighted by Crippen LogP contribution is 2.29. The number of aromatic nitrogens is 2. The van der Waals surface area contributed by atoms with Crippen LogP contribution >= 0.6 is 23.7 Å². The maximum absolute atomic E-state index is 14.2. The number of rotatable bonds is 4. The van der Waals surface area contributed by atoms with Gasteiger partial charge in [0, 0.05) is 56.1 Å². The van der Waals surface area contributed by atoms with E-state index in [1.807, 2.05) is 49.1 Å². The average Bonchev–Trinajstić information content (AvgIpc) is 3.29. The summed E-state index contributed by atoms with van der Waals surface area (Å²) in [6.45, 7) is 3.57. The second kappa shape index (κ2) is 8.31. The second-order valence-electron chi connectivity index (χ2n) is 6.38. The van der Waals surface area contributed by atoms with Crippen LogP contribution in [0.3, 0.4) is 0 Å². The number of hydrogen-bond acceptors (Lipinski definition) is 4. The molecule has 0 saturated carbocycles. The molecule has 0 bridgehead atoms. The normalized spacial score (nSPS) is 17.8. The number of nitrogens with zero attached hydrogens (tertiary/aromatic N) is 3. The third-order valence-corrected chi connectivity index (χ3v) is 5.62. The van der Waals surface area contributed by atoms with Gasteiger partial charge in [-0.15, -0.1) is 23.7 Å². The zero-order valence-corrected chi connectivity index (χ0v) is 16.2. The van der Waals surface area contributed by atoms with Crippen molar-refractivity contribution in [2.75, 3.05) is 19.6 Å². The highest BCUT2D eigenvalue weighted by atomic mass is 35.5. The number of nitrogens with one attached hydrogen (secondary N) is 1. The van der Waals surface area contributed by atoms with Crippen molar-refractivity contribution >= 4 is 23.7 Å². The summed E-state index contributed by atoms with van der Waals surface area (Å²) in [6, 6.07) is 9.61. The maximum atomic E-state index is 14.2. The fourth-order valence-corrected chi connectivity index (χ4v) is 4.16. The van der Waals surface area contributed by atoms with Crippen LogP contribution in [0.4, 0.5) is 4.39 Å². The topological polar surface area (TPSA) is 33.1 Å². The minimum atomic E-state index is -0.160. The first kappa shape index (κ1) is 19.0. The lowest BCUT2D eigenvalue weighted by molar-refractivity contribution is 0.144. The Morgan fingerprint density at radius 2 is 2.23 bits per heavy atom. The van der Waals surface area contributed by atoms with Crippen LogP contribution in [0.2, 0.25) is 0 Å². The van der Waals surface area contributed by atoms with E-state index in [9.17, 15) is 4.39 Å². The highest BCUT2D eigenvalue weighted by Gasteiger charge is 2.26. The summed E-state index contributed by atoms with van der Waals surface area (Å²) in [7, 11) is 2.03. The molecule has 26 heavy (non-hydrogen) atoms. The molecule has 1 aromatic carbocycles. The quantitative estimate of drug-likeness (QED) is 0.732. The second-order valence-corrected chi connectivity index (χ2v) is 7.33. The van der Waals surface area contributed by atoms with Crippen LogP contribution in [0, 0.1) is 5.82 Å². The largest absolute Gasteiger partial charge is 0.337 e. The highest BCUT2D eigenvalue weighted by molar-refractivity contribution is 7.13. The van der Waals surface area contributed by atoms with Crippen molar-refractivity contribution in [3.05, 3.63) is 65.3 Å². The number of halogens is 2. The van der Waals surface area contributed by atoms with Gasteiger partial charge in [-0.3, -0.25) is 4.90 Å². The lowest BCUT2D eigenvalue weighted by Gasteiger charge is -2.35. The Morgan fingerprint density at radius 1 is 1.35 bits per heavy atom. The number of imidazole rings is 1. The smallest absolute Gasteiger partial charge is 0.131 e. The van der Waals surface area contributed by atoms with Crippen LogP contribution in [0.25, 0.3) is 10.4 Å². The van der Waals surface area contributed by atoms with Gasteiger partial charge < -0.3 is 9.88 Å². The summed E-state index contributed by atoms with van der Waals surface area (Å²) >= 11 is 1.57. The molecule has 4 nitrogen and oxygen atoms in total. The number of piperazine rings is 1. The summed E-state index contributed by atoms with van der Waals surface area (Å²) in [5.74, 6) is 0.903. The van der Waals surface area contributed by atoms with Crippen molar-refractivity contribution in [2.24, 2.45) is 7.05 Å². The van der Waals surface area contributed by atoms with E-state index in [0.29, 0.717) is 5.56 Å².